The predicted molar refractivity (Wildman–Crippen MR) is 93.0 cm³/mol. The maximum absolute atomic E-state index is 12.3. The van der Waals surface area contributed by atoms with Crippen LogP contribution in [0.15, 0.2) is 24.4 Å². The Labute approximate surface area is 151 Å². The molecule has 136 valence electrons. The third-order valence-electron chi connectivity index (χ3n) is 4.50. The van der Waals surface area contributed by atoms with Gasteiger partial charge in [-0.15, -0.1) is 0 Å². The number of fused-ring (bicyclic) bond motifs is 2. The zero-order chi connectivity index (χ0) is 18.5. The highest BCUT2D eigenvalue weighted by atomic mass is 16.6. The van der Waals surface area contributed by atoms with Gasteiger partial charge in [0.05, 0.1) is 29.7 Å². The van der Waals surface area contributed by atoms with Gasteiger partial charge in [0, 0.05) is 24.1 Å². The molecule has 0 aliphatic carbocycles. The number of carbonyl (C=O) groups excluding carboxylic acids is 2. The summed E-state index contributed by atoms with van der Waals surface area (Å²) in [5.41, 5.74) is 3.97. The van der Waals surface area contributed by atoms with E-state index in [0.29, 0.717) is 31.7 Å². The Morgan fingerprint density at radius 1 is 1.27 bits per heavy atom. The average Bonchev–Trinajstić information content (AvgIpc) is 3.16. The molecular formula is C19H21N3O4. The zero-order valence-electron chi connectivity index (χ0n) is 15.1. The molecule has 1 amide bonds. The summed E-state index contributed by atoms with van der Waals surface area (Å²) in [7, 11) is 0. The largest absolute Gasteiger partial charge is 0.457 e. The standard InChI is InChI=1S/C19H21N3O4/c1-19(2,3)26-18(24)21-7-6-16-13(10-21)9-20-22(16)14-4-5-15-12(8-14)11-25-17(15)23/h4-5,8-9H,6-7,10-11H2,1-3H3. The minimum atomic E-state index is -0.508. The van der Waals surface area contributed by atoms with E-state index in [1.165, 1.54) is 0 Å². The Morgan fingerprint density at radius 2 is 2.08 bits per heavy atom. The molecule has 0 bridgehead atoms. The smallest absolute Gasteiger partial charge is 0.410 e. The van der Waals surface area contributed by atoms with Crippen LogP contribution in [-0.2, 0) is 29.0 Å². The third-order valence-corrected chi connectivity index (χ3v) is 4.50. The number of carbonyl (C=O) groups is 2. The molecule has 0 atom stereocenters. The molecule has 3 heterocycles. The molecule has 0 N–H and O–H groups in total. The fraction of sp³-hybridized carbons (Fsp3) is 0.421. The van der Waals surface area contributed by atoms with Crippen molar-refractivity contribution in [2.75, 3.05) is 6.54 Å². The van der Waals surface area contributed by atoms with Crippen molar-refractivity contribution in [3.8, 4) is 5.69 Å². The number of hydrogen-bond donors (Lipinski definition) is 0. The van der Waals surface area contributed by atoms with Gasteiger partial charge in [0.25, 0.3) is 0 Å². The van der Waals surface area contributed by atoms with Crippen LogP contribution >= 0.6 is 0 Å². The Bertz CT molecular complexity index is 895. The Hall–Kier alpha value is -2.83. The molecule has 0 spiro atoms. The normalized spacial score (nSPS) is 16.1. The van der Waals surface area contributed by atoms with Crippen LogP contribution in [0.5, 0.6) is 0 Å². The summed E-state index contributed by atoms with van der Waals surface area (Å²) in [6.45, 7) is 6.96. The van der Waals surface area contributed by atoms with Crippen molar-refractivity contribution in [2.45, 2.75) is 45.9 Å². The number of esters is 1. The van der Waals surface area contributed by atoms with E-state index in [9.17, 15) is 9.59 Å². The minimum Gasteiger partial charge on any atom is -0.457 e. The van der Waals surface area contributed by atoms with Crippen molar-refractivity contribution in [3.05, 3.63) is 46.8 Å². The first-order valence-corrected chi connectivity index (χ1v) is 8.66. The van der Waals surface area contributed by atoms with Crippen molar-refractivity contribution in [1.82, 2.24) is 14.7 Å². The van der Waals surface area contributed by atoms with Gasteiger partial charge in [0.15, 0.2) is 0 Å². The lowest BCUT2D eigenvalue weighted by Crippen LogP contribution is -2.40. The number of cyclic esters (lactones) is 1. The van der Waals surface area contributed by atoms with E-state index in [-0.39, 0.29) is 12.1 Å². The van der Waals surface area contributed by atoms with Crippen molar-refractivity contribution in [3.63, 3.8) is 0 Å². The molecule has 0 radical (unpaired) electrons. The lowest BCUT2D eigenvalue weighted by molar-refractivity contribution is 0.0223. The second-order valence-electron chi connectivity index (χ2n) is 7.60. The summed E-state index contributed by atoms with van der Waals surface area (Å²) in [5, 5.41) is 4.49. The topological polar surface area (TPSA) is 73.7 Å². The maximum atomic E-state index is 12.3. The monoisotopic (exact) mass is 355 g/mol. The number of amides is 1. The second-order valence-corrected chi connectivity index (χ2v) is 7.60. The van der Waals surface area contributed by atoms with E-state index in [1.54, 1.807) is 17.2 Å². The molecule has 0 saturated heterocycles. The fourth-order valence-corrected chi connectivity index (χ4v) is 3.29. The van der Waals surface area contributed by atoms with Gasteiger partial charge < -0.3 is 14.4 Å². The van der Waals surface area contributed by atoms with Gasteiger partial charge in [-0.1, -0.05) is 0 Å². The van der Waals surface area contributed by atoms with Crippen molar-refractivity contribution >= 4 is 12.1 Å². The highest BCUT2D eigenvalue weighted by Gasteiger charge is 2.28. The minimum absolute atomic E-state index is 0.276. The third kappa shape index (κ3) is 2.94. The van der Waals surface area contributed by atoms with Crippen LogP contribution in [0.25, 0.3) is 5.69 Å². The van der Waals surface area contributed by atoms with Gasteiger partial charge in [0.1, 0.15) is 12.2 Å². The summed E-state index contributed by atoms with van der Waals surface area (Å²) < 4.78 is 12.4. The van der Waals surface area contributed by atoms with E-state index < -0.39 is 5.60 Å². The lowest BCUT2D eigenvalue weighted by Gasteiger charge is -2.30. The molecule has 0 fully saturated rings. The van der Waals surface area contributed by atoms with Crippen LogP contribution in [0.4, 0.5) is 4.79 Å². The van der Waals surface area contributed by atoms with Gasteiger partial charge >= 0.3 is 12.1 Å². The van der Waals surface area contributed by atoms with Crippen LogP contribution in [0.3, 0.4) is 0 Å². The van der Waals surface area contributed by atoms with E-state index in [2.05, 4.69) is 5.10 Å². The molecule has 7 heteroatoms. The summed E-state index contributed by atoms with van der Waals surface area (Å²) in [6, 6.07) is 5.59. The molecule has 1 aromatic carbocycles. The lowest BCUT2D eigenvalue weighted by atomic mass is 10.1. The second kappa shape index (κ2) is 5.86. The first kappa shape index (κ1) is 16.6. The van der Waals surface area contributed by atoms with Crippen LogP contribution in [0.2, 0.25) is 0 Å². The van der Waals surface area contributed by atoms with E-state index in [0.717, 1.165) is 22.5 Å². The number of nitrogens with zero attached hydrogens (tertiary/aromatic N) is 3. The Balaban J connectivity index is 1.57. The molecule has 1 aromatic heterocycles. The number of rotatable bonds is 1. The fourth-order valence-electron chi connectivity index (χ4n) is 3.29. The molecule has 0 unspecified atom stereocenters. The molecule has 4 rings (SSSR count). The summed E-state index contributed by atoms with van der Waals surface area (Å²) in [5.74, 6) is -0.276. The van der Waals surface area contributed by atoms with Crippen LogP contribution < -0.4 is 0 Å². The molecular weight excluding hydrogens is 334 g/mol. The first-order valence-electron chi connectivity index (χ1n) is 8.66. The first-order chi connectivity index (χ1) is 12.3. The molecule has 2 aliphatic heterocycles. The number of ether oxygens (including phenoxy) is 2. The van der Waals surface area contributed by atoms with Crippen molar-refractivity contribution < 1.29 is 19.1 Å². The zero-order valence-corrected chi connectivity index (χ0v) is 15.1. The van der Waals surface area contributed by atoms with Gasteiger partial charge in [-0.3, -0.25) is 0 Å². The number of benzene rings is 1. The Morgan fingerprint density at radius 3 is 2.85 bits per heavy atom. The summed E-state index contributed by atoms with van der Waals surface area (Å²) >= 11 is 0. The molecule has 0 saturated carbocycles. The van der Waals surface area contributed by atoms with E-state index >= 15 is 0 Å². The van der Waals surface area contributed by atoms with Crippen LogP contribution in [-0.4, -0.2) is 38.9 Å². The van der Waals surface area contributed by atoms with Crippen molar-refractivity contribution in [1.29, 1.82) is 0 Å². The maximum Gasteiger partial charge on any atom is 0.410 e. The Kier molecular flexibility index (Phi) is 3.75. The van der Waals surface area contributed by atoms with Gasteiger partial charge in [-0.05, 0) is 39.0 Å². The molecule has 2 aromatic rings. The van der Waals surface area contributed by atoms with Gasteiger partial charge in [-0.2, -0.15) is 5.10 Å². The van der Waals surface area contributed by atoms with E-state index in [4.69, 9.17) is 9.47 Å². The van der Waals surface area contributed by atoms with Crippen LogP contribution in [0, 0.1) is 0 Å². The summed E-state index contributed by atoms with van der Waals surface area (Å²) in [6.07, 6.45) is 2.19. The van der Waals surface area contributed by atoms with E-state index in [1.807, 2.05) is 37.6 Å². The SMILES string of the molecule is CC(C)(C)OC(=O)N1CCc2c(cnn2-c2ccc3c(c2)COC3=O)C1. The average molecular weight is 355 g/mol. The number of aromatic nitrogens is 2. The quantitative estimate of drug-likeness (QED) is 0.736. The predicted octanol–water partition coefficient (Wildman–Crippen LogP) is 2.84. The van der Waals surface area contributed by atoms with Gasteiger partial charge in [-0.25, -0.2) is 14.3 Å². The highest BCUT2D eigenvalue weighted by molar-refractivity contribution is 5.93. The number of hydrogen-bond acceptors (Lipinski definition) is 5. The highest BCUT2D eigenvalue weighted by Crippen LogP contribution is 2.26. The molecule has 2 aliphatic rings. The van der Waals surface area contributed by atoms with Gasteiger partial charge in [0.2, 0.25) is 0 Å². The van der Waals surface area contributed by atoms with Crippen molar-refractivity contribution in [2.24, 2.45) is 0 Å². The molecule has 26 heavy (non-hydrogen) atoms. The summed E-state index contributed by atoms with van der Waals surface area (Å²) in [4.78, 5) is 25.6. The molecule has 7 nitrogen and oxygen atoms in total. The van der Waals surface area contributed by atoms with Crippen LogP contribution in [0.1, 0.15) is 48.0 Å².